The van der Waals surface area contributed by atoms with Crippen molar-refractivity contribution in [2.24, 2.45) is 0 Å². The topological polar surface area (TPSA) is 46.3 Å². The maximum Gasteiger partial charge on any atom is 0.166 e. The van der Waals surface area contributed by atoms with Crippen LogP contribution in [0.3, 0.4) is 0 Å². The molecule has 0 spiro atoms. The van der Waals surface area contributed by atoms with E-state index in [2.05, 4.69) is 46.8 Å². The van der Waals surface area contributed by atoms with Crippen LogP contribution in [0.4, 0.5) is 0 Å². The van der Waals surface area contributed by atoms with Gasteiger partial charge in [0.1, 0.15) is 6.61 Å². The minimum Gasteiger partial charge on any atom is -0.493 e. The van der Waals surface area contributed by atoms with Crippen molar-refractivity contribution in [1.29, 1.82) is 0 Å². The van der Waals surface area contributed by atoms with E-state index in [4.69, 9.17) is 21.1 Å². The van der Waals surface area contributed by atoms with Gasteiger partial charge in [0, 0.05) is 34.2 Å². The summed E-state index contributed by atoms with van der Waals surface area (Å²) in [5.74, 6) is 1.51. The van der Waals surface area contributed by atoms with Crippen LogP contribution in [-0.4, -0.2) is 18.6 Å². The van der Waals surface area contributed by atoms with Gasteiger partial charge in [0.15, 0.2) is 11.5 Å². The number of fused-ring (bicyclic) bond motifs is 1. The zero-order valence-corrected chi connectivity index (χ0v) is 17.7. The largest absolute Gasteiger partial charge is 0.493 e. The van der Waals surface area contributed by atoms with Crippen molar-refractivity contribution in [3.05, 3.63) is 94.6 Å². The minimum absolute atomic E-state index is 0.458. The predicted molar refractivity (Wildman–Crippen MR) is 122 cm³/mol. The highest BCUT2D eigenvalue weighted by Gasteiger charge is 2.11. The molecule has 0 aliphatic carbocycles. The van der Waals surface area contributed by atoms with E-state index in [1.807, 2.05) is 36.4 Å². The predicted octanol–water partition coefficient (Wildman–Crippen LogP) is 5.74. The first-order chi connectivity index (χ1) is 14.7. The summed E-state index contributed by atoms with van der Waals surface area (Å²) in [6.07, 6.45) is 3.05. The zero-order valence-electron chi connectivity index (χ0n) is 17.0. The quantitative estimate of drug-likeness (QED) is 0.339. The van der Waals surface area contributed by atoms with Crippen LogP contribution in [-0.2, 0) is 19.6 Å². The lowest BCUT2D eigenvalue weighted by atomic mass is 10.1. The van der Waals surface area contributed by atoms with Crippen molar-refractivity contribution >= 4 is 22.5 Å². The molecule has 0 amide bonds. The molecule has 0 saturated heterocycles. The van der Waals surface area contributed by atoms with E-state index in [1.165, 1.54) is 16.5 Å². The fourth-order valence-electron chi connectivity index (χ4n) is 3.55. The first kappa shape index (κ1) is 20.3. The van der Waals surface area contributed by atoms with Gasteiger partial charge in [-0.1, -0.05) is 54.1 Å². The molecule has 0 atom stereocenters. The van der Waals surface area contributed by atoms with Crippen LogP contribution in [0.25, 0.3) is 10.9 Å². The third-order valence-corrected chi connectivity index (χ3v) is 5.39. The summed E-state index contributed by atoms with van der Waals surface area (Å²) in [7, 11) is 1.67. The summed E-state index contributed by atoms with van der Waals surface area (Å²) in [5, 5.41) is 5.54. The SMILES string of the molecule is COc1cccc(CNCCc2c[nH]c3ccccc23)c1OCc1ccc(Cl)cc1. The number of methoxy groups -OCH3 is 1. The number of aromatic nitrogens is 1. The van der Waals surface area contributed by atoms with E-state index >= 15 is 0 Å². The van der Waals surface area contributed by atoms with Crippen molar-refractivity contribution in [2.75, 3.05) is 13.7 Å². The lowest BCUT2D eigenvalue weighted by molar-refractivity contribution is 0.280. The van der Waals surface area contributed by atoms with Crippen LogP contribution in [0, 0.1) is 0 Å². The molecule has 4 nitrogen and oxygen atoms in total. The Morgan fingerprint density at radius 2 is 1.77 bits per heavy atom. The molecule has 4 rings (SSSR count). The van der Waals surface area contributed by atoms with Gasteiger partial charge >= 0.3 is 0 Å². The second-order valence-electron chi connectivity index (χ2n) is 7.15. The summed E-state index contributed by atoms with van der Waals surface area (Å²) in [6, 6.07) is 22.1. The zero-order chi connectivity index (χ0) is 20.8. The number of hydrogen-bond donors (Lipinski definition) is 2. The molecule has 0 saturated carbocycles. The van der Waals surface area contributed by atoms with Crippen molar-refractivity contribution in [2.45, 2.75) is 19.6 Å². The van der Waals surface area contributed by atoms with Gasteiger partial charge in [0.25, 0.3) is 0 Å². The summed E-state index contributed by atoms with van der Waals surface area (Å²) in [4.78, 5) is 3.33. The maximum atomic E-state index is 6.13. The first-order valence-corrected chi connectivity index (χ1v) is 10.4. The van der Waals surface area contributed by atoms with Crippen LogP contribution < -0.4 is 14.8 Å². The molecule has 1 aromatic heterocycles. The highest BCUT2D eigenvalue weighted by molar-refractivity contribution is 6.30. The number of rotatable bonds is 9. The van der Waals surface area contributed by atoms with Gasteiger partial charge in [0.05, 0.1) is 7.11 Å². The van der Waals surface area contributed by atoms with Crippen LogP contribution in [0.1, 0.15) is 16.7 Å². The Morgan fingerprint density at radius 1 is 0.933 bits per heavy atom. The number of para-hydroxylation sites is 2. The number of nitrogens with one attached hydrogen (secondary N) is 2. The average molecular weight is 421 g/mol. The summed E-state index contributed by atoms with van der Waals surface area (Å²) in [6.45, 7) is 2.03. The highest BCUT2D eigenvalue weighted by Crippen LogP contribution is 2.32. The minimum atomic E-state index is 0.458. The molecule has 2 N–H and O–H groups in total. The average Bonchev–Trinajstić information content (AvgIpc) is 3.19. The molecule has 3 aromatic carbocycles. The second-order valence-corrected chi connectivity index (χ2v) is 7.59. The van der Waals surface area contributed by atoms with E-state index in [0.29, 0.717) is 13.2 Å². The molecule has 0 aliphatic rings. The Balaban J connectivity index is 1.38. The molecule has 0 fully saturated rings. The van der Waals surface area contributed by atoms with Crippen molar-refractivity contribution < 1.29 is 9.47 Å². The van der Waals surface area contributed by atoms with Gasteiger partial charge in [-0.25, -0.2) is 0 Å². The van der Waals surface area contributed by atoms with Gasteiger partial charge in [-0.3, -0.25) is 0 Å². The number of benzene rings is 3. The van der Waals surface area contributed by atoms with E-state index in [0.717, 1.165) is 40.6 Å². The Hall–Kier alpha value is -2.95. The van der Waals surface area contributed by atoms with Gasteiger partial charge < -0.3 is 19.8 Å². The maximum absolute atomic E-state index is 6.13. The number of hydrogen-bond acceptors (Lipinski definition) is 3. The Morgan fingerprint density at radius 3 is 2.60 bits per heavy atom. The standard InChI is InChI=1S/C25H25ClN2O2/c1-29-24-8-4-5-20(25(24)30-17-18-9-11-21(26)12-10-18)15-27-14-13-19-16-28-23-7-3-2-6-22(19)23/h2-12,16,27-28H,13-15,17H2,1H3. The summed E-state index contributed by atoms with van der Waals surface area (Å²) >= 11 is 5.97. The lowest BCUT2D eigenvalue weighted by Gasteiger charge is -2.16. The van der Waals surface area contributed by atoms with Crippen LogP contribution in [0.5, 0.6) is 11.5 Å². The first-order valence-electron chi connectivity index (χ1n) is 10.0. The fourth-order valence-corrected chi connectivity index (χ4v) is 3.67. The molecule has 154 valence electrons. The third-order valence-electron chi connectivity index (χ3n) is 5.14. The molecular weight excluding hydrogens is 396 g/mol. The molecule has 5 heteroatoms. The van der Waals surface area contributed by atoms with Gasteiger partial charge in [-0.15, -0.1) is 0 Å². The molecule has 1 heterocycles. The monoisotopic (exact) mass is 420 g/mol. The van der Waals surface area contributed by atoms with E-state index in [1.54, 1.807) is 7.11 Å². The summed E-state index contributed by atoms with van der Waals surface area (Å²) in [5.41, 5.74) is 4.63. The highest BCUT2D eigenvalue weighted by atomic mass is 35.5. The second kappa shape index (κ2) is 9.70. The van der Waals surface area contributed by atoms with E-state index < -0.39 is 0 Å². The smallest absolute Gasteiger partial charge is 0.166 e. The Bertz CT molecular complexity index is 1110. The number of halogens is 1. The van der Waals surface area contributed by atoms with Crippen molar-refractivity contribution in [3.63, 3.8) is 0 Å². The van der Waals surface area contributed by atoms with Crippen LogP contribution >= 0.6 is 11.6 Å². The molecule has 0 bridgehead atoms. The molecule has 0 unspecified atom stereocenters. The van der Waals surface area contributed by atoms with Crippen LogP contribution in [0.15, 0.2) is 72.9 Å². The molecule has 0 radical (unpaired) electrons. The van der Waals surface area contributed by atoms with E-state index in [-0.39, 0.29) is 0 Å². The fraction of sp³-hybridized carbons (Fsp3) is 0.200. The van der Waals surface area contributed by atoms with Gasteiger partial charge in [0.2, 0.25) is 0 Å². The van der Waals surface area contributed by atoms with Crippen molar-refractivity contribution in [3.8, 4) is 11.5 Å². The molecule has 30 heavy (non-hydrogen) atoms. The lowest BCUT2D eigenvalue weighted by Crippen LogP contribution is -2.17. The normalized spacial score (nSPS) is 11.0. The number of aromatic amines is 1. The Labute approximate surface area is 181 Å². The van der Waals surface area contributed by atoms with E-state index in [9.17, 15) is 0 Å². The number of ether oxygens (including phenoxy) is 2. The third kappa shape index (κ3) is 4.78. The Kier molecular flexibility index (Phi) is 6.57. The van der Waals surface area contributed by atoms with Crippen LogP contribution in [0.2, 0.25) is 5.02 Å². The summed E-state index contributed by atoms with van der Waals surface area (Å²) < 4.78 is 11.7. The number of H-pyrrole nitrogens is 1. The molecular formula is C25H25ClN2O2. The molecule has 0 aliphatic heterocycles. The van der Waals surface area contributed by atoms with Gasteiger partial charge in [-0.2, -0.15) is 0 Å². The molecule has 4 aromatic rings. The van der Waals surface area contributed by atoms with Gasteiger partial charge in [-0.05, 0) is 48.4 Å². The van der Waals surface area contributed by atoms with Crippen molar-refractivity contribution in [1.82, 2.24) is 10.3 Å².